The number of rotatable bonds is 0. The van der Waals surface area contributed by atoms with Gasteiger partial charge in [0.25, 0.3) is 0 Å². The van der Waals surface area contributed by atoms with Crippen molar-refractivity contribution in [2.75, 3.05) is 0 Å². The molecule has 0 nitrogen and oxygen atoms in total. The molecule has 2 fully saturated rings. The van der Waals surface area contributed by atoms with Crippen molar-refractivity contribution in [1.82, 2.24) is 0 Å². The Morgan fingerprint density at radius 1 is 1.20 bits per heavy atom. The second-order valence-electron chi connectivity index (χ2n) is 3.72. The van der Waals surface area contributed by atoms with Gasteiger partial charge in [0, 0.05) is 17.7 Å². The summed E-state index contributed by atoms with van der Waals surface area (Å²) in [6.07, 6.45) is 2.20. The first-order valence-electron chi connectivity index (χ1n) is 3.53. The van der Waals surface area contributed by atoms with Gasteiger partial charge >= 0.3 is 0 Å². The van der Waals surface area contributed by atoms with Crippen LogP contribution in [-0.4, -0.2) is 10.7 Å². The summed E-state index contributed by atoms with van der Waals surface area (Å²) in [5, 5.41) is 0. The van der Waals surface area contributed by atoms with Crippen molar-refractivity contribution in [3.8, 4) is 0 Å². The largest absolute Gasteiger partial charge is 0.249 e. The van der Waals surface area contributed by atoms with Crippen LogP contribution in [-0.2, 0) is 0 Å². The summed E-state index contributed by atoms with van der Waals surface area (Å²) in [7, 11) is 0. The Morgan fingerprint density at radius 3 is 2.00 bits per heavy atom. The Kier molecular flexibility index (Phi) is 1.22. The highest BCUT2D eigenvalue weighted by molar-refractivity contribution is 9.09. The summed E-state index contributed by atoms with van der Waals surface area (Å²) in [5.74, 6) is -2.33. The zero-order chi connectivity index (χ0) is 7.41. The lowest BCUT2D eigenvalue weighted by Gasteiger charge is -2.55. The van der Waals surface area contributed by atoms with Gasteiger partial charge in [-0.05, 0) is 18.3 Å². The fourth-order valence-corrected chi connectivity index (χ4v) is 3.59. The maximum absolute atomic E-state index is 12.4. The van der Waals surface area contributed by atoms with Gasteiger partial charge in [-0.25, -0.2) is 8.78 Å². The molecule has 2 saturated carbocycles. The van der Waals surface area contributed by atoms with E-state index < -0.39 is 5.92 Å². The number of halogens is 3. The topological polar surface area (TPSA) is 0 Å². The Hall–Kier alpha value is 0.340. The van der Waals surface area contributed by atoms with Crippen molar-refractivity contribution in [3.63, 3.8) is 0 Å². The van der Waals surface area contributed by atoms with Crippen LogP contribution in [0.1, 0.15) is 25.7 Å². The highest BCUT2D eigenvalue weighted by Gasteiger charge is 2.61. The highest BCUT2D eigenvalue weighted by Crippen LogP contribution is 2.63. The van der Waals surface area contributed by atoms with Crippen LogP contribution in [0.15, 0.2) is 0 Å². The van der Waals surface area contributed by atoms with Crippen molar-refractivity contribution in [2.24, 2.45) is 5.41 Å². The molecule has 0 heterocycles. The van der Waals surface area contributed by atoms with E-state index in [1.807, 2.05) is 0 Å². The summed E-state index contributed by atoms with van der Waals surface area (Å²) in [5.41, 5.74) is 0.0532. The molecule has 0 aromatic carbocycles. The van der Waals surface area contributed by atoms with E-state index in [4.69, 9.17) is 0 Å². The van der Waals surface area contributed by atoms with Gasteiger partial charge in [-0.15, -0.1) is 0 Å². The monoisotopic (exact) mass is 210 g/mol. The highest BCUT2D eigenvalue weighted by atomic mass is 79.9. The molecule has 10 heavy (non-hydrogen) atoms. The minimum Gasteiger partial charge on any atom is -0.207 e. The fraction of sp³-hybridized carbons (Fsp3) is 1.00. The van der Waals surface area contributed by atoms with E-state index in [9.17, 15) is 8.78 Å². The Balaban J connectivity index is 1.91. The summed E-state index contributed by atoms with van der Waals surface area (Å²) in [6, 6.07) is 0. The molecule has 0 atom stereocenters. The minimum atomic E-state index is -2.33. The van der Waals surface area contributed by atoms with Crippen LogP contribution in [0.3, 0.4) is 0 Å². The van der Waals surface area contributed by atoms with Crippen LogP contribution < -0.4 is 0 Å². The lowest BCUT2D eigenvalue weighted by Crippen LogP contribution is -2.53. The van der Waals surface area contributed by atoms with Gasteiger partial charge in [-0.3, -0.25) is 0 Å². The zero-order valence-electron chi connectivity index (χ0n) is 5.54. The second-order valence-corrected chi connectivity index (χ2v) is 5.01. The third-order valence-electron chi connectivity index (χ3n) is 2.58. The summed E-state index contributed by atoms with van der Waals surface area (Å²) >= 11 is 3.40. The van der Waals surface area contributed by atoms with Crippen molar-refractivity contribution < 1.29 is 8.78 Å². The molecule has 0 saturated heterocycles. The van der Waals surface area contributed by atoms with E-state index in [1.165, 1.54) is 0 Å². The lowest BCUT2D eigenvalue weighted by molar-refractivity contribution is -0.187. The summed E-state index contributed by atoms with van der Waals surface area (Å²) in [4.78, 5) is 0.517. The molecule has 0 unspecified atom stereocenters. The molecule has 0 aliphatic heterocycles. The smallest absolute Gasteiger partial charge is 0.207 e. The Morgan fingerprint density at radius 2 is 1.70 bits per heavy atom. The van der Waals surface area contributed by atoms with Crippen LogP contribution in [0.5, 0.6) is 0 Å². The number of hydrogen-bond acceptors (Lipinski definition) is 0. The molecular formula is C7H9BrF2. The summed E-state index contributed by atoms with van der Waals surface area (Å²) in [6.45, 7) is 0. The summed E-state index contributed by atoms with van der Waals surface area (Å²) < 4.78 is 24.7. The van der Waals surface area contributed by atoms with E-state index in [-0.39, 0.29) is 18.3 Å². The quantitative estimate of drug-likeness (QED) is 0.540. The van der Waals surface area contributed by atoms with Gasteiger partial charge in [-0.1, -0.05) is 15.9 Å². The molecule has 2 rings (SSSR count). The van der Waals surface area contributed by atoms with Crippen LogP contribution in [0, 0.1) is 5.41 Å². The van der Waals surface area contributed by atoms with Gasteiger partial charge in [0.1, 0.15) is 0 Å². The predicted octanol–water partition coefficient (Wildman–Crippen LogP) is 2.96. The van der Waals surface area contributed by atoms with Crippen LogP contribution >= 0.6 is 15.9 Å². The fourth-order valence-electron chi connectivity index (χ4n) is 2.21. The SMILES string of the molecule is FC1(F)CC2(CC(Br)C2)C1. The number of alkyl halides is 3. The van der Waals surface area contributed by atoms with Gasteiger partial charge < -0.3 is 0 Å². The Labute approximate surface area is 67.1 Å². The van der Waals surface area contributed by atoms with E-state index >= 15 is 0 Å². The first-order valence-corrected chi connectivity index (χ1v) is 4.45. The molecule has 0 amide bonds. The van der Waals surface area contributed by atoms with Crippen molar-refractivity contribution >= 4 is 15.9 Å². The average molecular weight is 211 g/mol. The molecule has 0 radical (unpaired) electrons. The third-order valence-corrected chi connectivity index (χ3v) is 3.22. The Bertz CT molecular complexity index is 151. The standard InChI is InChI=1S/C7H9BrF2/c8-5-1-6(2-5)3-7(9,10)4-6/h5H,1-4H2. The molecular weight excluding hydrogens is 202 g/mol. The predicted molar refractivity (Wildman–Crippen MR) is 38.6 cm³/mol. The molecule has 0 N–H and O–H groups in total. The van der Waals surface area contributed by atoms with E-state index in [0.717, 1.165) is 12.8 Å². The normalized spacial score (nSPS) is 35.1. The van der Waals surface area contributed by atoms with Gasteiger partial charge in [0.15, 0.2) is 0 Å². The minimum absolute atomic E-state index is 0.0532. The third kappa shape index (κ3) is 0.900. The molecule has 2 aliphatic carbocycles. The van der Waals surface area contributed by atoms with Crippen LogP contribution in [0.4, 0.5) is 8.78 Å². The lowest BCUT2D eigenvalue weighted by atomic mass is 9.54. The van der Waals surface area contributed by atoms with Gasteiger partial charge in [-0.2, -0.15) is 0 Å². The van der Waals surface area contributed by atoms with Gasteiger partial charge in [0.05, 0.1) is 0 Å². The van der Waals surface area contributed by atoms with Crippen molar-refractivity contribution in [3.05, 3.63) is 0 Å². The van der Waals surface area contributed by atoms with Crippen LogP contribution in [0.2, 0.25) is 0 Å². The first kappa shape index (κ1) is 7.01. The molecule has 3 heteroatoms. The van der Waals surface area contributed by atoms with E-state index in [1.54, 1.807) is 0 Å². The molecule has 1 spiro atoms. The van der Waals surface area contributed by atoms with E-state index in [0.29, 0.717) is 4.83 Å². The van der Waals surface area contributed by atoms with Crippen molar-refractivity contribution in [2.45, 2.75) is 36.4 Å². The zero-order valence-corrected chi connectivity index (χ0v) is 7.13. The molecule has 0 aromatic heterocycles. The molecule has 2 aliphatic rings. The first-order chi connectivity index (χ1) is 4.52. The molecule has 0 bridgehead atoms. The van der Waals surface area contributed by atoms with E-state index in [2.05, 4.69) is 15.9 Å². The molecule has 0 aromatic rings. The van der Waals surface area contributed by atoms with Gasteiger partial charge in [0.2, 0.25) is 5.92 Å². The number of hydrogen-bond donors (Lipinski definition) is 0. The molecule has 58 valence electrons. The van der Waals surface area contributed by atoms with Crippen molar-refractivity contribution in [1.29, 1.82) is 0 Å². The maximum atomic E-state index is 12.4. The second kappa shape index (κ2) is 1.74. The average Bonchev–Trinajstić information content (AvgIpc) is 1.55. The van der Waals surface area contributed by atoms with Crippen LogP contribution in [0.25, 0.3) is 0 Å². The maximum Gasteiger partial charge on any atom is 0.249 e.